The average Bonchev–Trinajstić information content (AvgIpc) is 3.00. The van der Waals surface area contributed by atoms with Gasteiger partial charge in [-0.2, -0.15) is 0 Å². The molecule has 0 N–H and O–H groups in total. The highest BCUT2D eigenvalue weighted by molar-refractivity contribution is 7.91. The van der Waals surface area contributed by atoms with Crippen molar-refractivity contribution in [3.05, 3.63) is 24.0 Å². The van der Waals surface area contributed by atoms with Crippen LogP contribution in [0.15, 0.2) is 18.5 Å². The molecule has 2 aliphatic rings. The summed E-state index contributed by atoms with van der Waals surface area (Å²) in [6.45, 7) is 3.60. The van der Waals surface area contributed by atoms with Crippen LogP contribution in [0.5, 0.6) is 0 Å². The van der Waals surface area contributed by atoms with Gasteiger partial charge in [0, 0.05) is 52.4 Å². The molecule has 9 heteroatoms. The van der Waals surface area contributed by atoms with Crippen LogP contribution in [0, 0.1) is 0 Å². The number of carbonyl (C=O) groups is 2. The molecule has 2 amide bonds. The standard InChI is InChI=1S/C17H24N4O4S/c1-13(22)20-4-6-21(7-5-20)17(23)14-9-16(11-18-10-14)19(2)15-3-8-26(24,25)12-15/h9-11,15H,3-8,12H2,1-2H3. The molecule has 1 aromatic heterocycles. The summed E-state index contributed by atoms with van der Waals surface area (Å²) in [7, 11) is -1.14. The van der Waals surface area contributed by atoms with Crippen molar-refractivity contribution in [3.8, 4) is 0 Å². The van der Waals surface area contributed by atoms with Crippen LogP contribution in [-0.2, 0) is 14.6 Å². The van der Waals surface area contributed by atoms with Crippen molar-refractivity contribution in [1.82, 2.24) is 14.8 Å². The first-order chi connectivity index (χ1) is 12.3. The number of carbonyl (C=O) groups excluding carboxylic acids is 2. The number of piperazine rings is 1. The number of rotatable bonds is 3. The lowest BCUT2D eigenvalue weighted by molar-refractivity contribution is -0.130. The topological polar surface area (TPSA) is 90.9 Å². The van der Waals surface area contributed by atoms with Crippen molar-refractivity contribution < 1.29 is 18.0 Å². The van der Waals surface area contributed by atoms with Crippen LogP contribution in [0.1, 0.15) is 23.7 Å². The average molecular weight is 380 g/mol. The Bertz CT molecular complexity index is 803. The highest BCUT2D eigenvalue weighted by Gasteiger charge is 2.31. The highest BCUT2D eigenvalue weighted by Crippen LogP contribution is 2.23. The Hall–Kier alpha value is -2.16. The van der Waals surface area contributed by atoms with Crippen molar-refractivity contribution in [3.63, 3.8) is 0 Å². The van der Waals surface area contributed by atoms with E-state index < -0.39 is 9.84 Å². The maximum atomic E-state index is 12.7. The third kappa shape index (κ3) is 3.98. The first-order valence-corrected chi connectivity index (χ1v) is 10.5. The molecule has 3 heterocycles. The minimum Gasteiger partial charge on any atom is -0.369 e. The van der Waals surface area contributed by atoms with Gasteiger partial charge in [0.2, 0.25) is 5.91 Å². The van der Waals surface area contributed by atoms with Crippen LogP contribution in [0.2, 0.25) is 0 Å². The summed E-state index contributed by atoms with van der Waals surface area (Å²) in [6.07, 6.45) is 3.77. The Morgan fingerprint density at radius 3 is 2.38 bits per heavy atom. The van der Waals surface area contributed by atoms with E-state index in [9.17, 15) is 18.0 Å². The van der Waals surface area contributed by atoms with E-state index in [1.165, 1.54) is 13.1 Å². The van der Waals surface area contributed by atoms with Gasteiger partial charge >= 0.3 is 0 Å². The smallest absolute Gasteiger partial charge is 0.255 e. The highest BCUT2D eigenvalue weighted by atomic mass is 32.2. The molecule has 26 heavy (non-hydrogen) atoms. The van der Waals surface area contributed by atoms with Gasteiger partial charge in [-0.3, -0.25) is 14.6 Å². The van der Waals surface area contributed by atoms with Crippen LogP contribution >= 0.6 is 0 Å². The molecule has 0 aromatic carbocycles. The fourth-order valence-electron chi connectivity index (χ4n) is 3.44. The molecule has 2 aliphatic heterocycles. The number of hydrogen-bond acceptors (Lipinski definition) is 6. The van der Waals surface area contributed by atoms with Gasteiger partial charge in [-0.15, -0.1) is 0 Å². The predicted octanol–water partition coefficient (Wildman–Crippen LogP) is 0.00920. The molecule has 0 saturated carbocycles. The number of sulfone groups is 1. The summed E-state index contributed by atoms with van der Waals surface area (Å²) in [6, 6.07) is 1.67. The summed E-state index contributed by atoms with van der Waals surface area (Å²) in [5.41, 5.74) is 1.21. The number of amides is 2. The Labute approximate surface area is 153 Å². The van der Waals surface area contributed by atoms with Crippen LogP contribution in [0.3, 0.4) is 0 Å². The fraction of sp³-hybridized carbons (Fsp3) is 0.588. The van der Waals surface area contributed by atoms with Crippen molar-refractivity contribution in [1.29, 1.82) is 0 Å². The zero-order valence-corrected chi connectivity index (χ0v) is 15.9. The molecule has 0 radical (unpaired) electrons. The van der Waals surface area contributed by atoms with Gasteiger partial charge in [0.15, 0.2) is 9.84 Å². The van der Waals surface area contributed by atoms with Crippen LogP contribution in [0.25, 0.3) is 0 Å². The molecule has 0 spiro atoms. The Balaban J connectivity index is 1.69. The van der Waals surface area contributed by atoms with Gasteiger partial charge in [-0.1, -0.05) is 0 Å². The Kier molecular flexibility index (Phi) is 5.17. The van der Waals surface area contributed by atoms with Gasteiger partial charge in [0.25, 0.3) is 5.91 Å². The molecule has 0 bridgehead atoms. The SMILES string of the molecule is CC(=O)N1CCN(C(=O)c2cncc(N(C)C3CCS(=O)(=O)C3)c2)CC1. The largest absolute Gasteiger partial charge is 0.369 e. The molecular formula is C17H24N4O4S. The number of nitrogens with zero attached hydrogens (tertiary/aromatic N) is 4. The molecule has 1 atom stereocenters. The number of pyridine rings is 1. The maximum Gasteiger partial charge on any atom is 0.255 e. The second kappa shape index (κ2) is 7.22. The van der Waals surface area contributed by atoms with Crippen LogP contribution < -0.4 is 4.90 Å². The minimum atomic E-state index is -2.97. The van der Waals surface area contributed by atoms with Crippen molar-refractivity contribution in [2.75, 3.05) is 49.6 Å². The van der Waals surface area contributed by atoms with E-state index in [4.69, 9.17) is 0 Å². The molecule has 2 fully saturated rings. The Morgan fingerprint density at radius 2 is 1.81 bits per heavy atom. The van der Waals surface area contributed by atoms with Gasteiger partial charge in [0.05, 0.1) is 29.0 Å². The van der Waals surface area contributed by atoms with Crippen molar-refractivity contribution >= 4 is 27.3 Å². The van der Waals surface area contributed by atoms with Gasteiger partial charge in [-0.25, -0.2) is 8.42 Å². The molecule has 1 aromatic rings. The van der Waals surface area contributed by atoms with Crippen molar-refractivity contribution in [2.24, 2.45) is 0 Å². The monoisotopic (exact) mass is 380 g/mol. The van der Waals surface area contributed by atoms with E-state index in [2.05, 4.69) is 4.98 Å². The quantitative estimate of drug-likeness (QED) is 0.734. The number of aromatic nitrogens is 1. The maximum absolute atomic E-state index is 12.7. The minimum absolute atomic E-state index is 0.0221. The molecule has 1 unspecified atom stereocenters. The van der Waals surface area contributed by atoms with Gasteiger partial charge < -0.3 is 14.7 Å². The summed E-state index contributed by atoms with van der Waals surface area (Å²) in [5, 5.41) is 0. The molecular weight excluding hydrogens is 356 g/mol. The molecule has 142 valence electrons. The molecule has 2 saturated heterocycles. The van der Waals surface area contributed by atoms with E-state index in [0.29, 0.717) is 38.2 Å². The first-order valence-electron chi connectivity index (χ1n) is 8.70. The van der Waals surface area contributed by atoms with Gasteiger partial charge in [-0.05, 0) is 12.5 Å². The zero-order valence-electron chi connectivity index (χ0n) is 15.1. The van der Waals surface area contributed by atoms with Gasteiger partial charge in [0.1, 0.15) is 0 Å². The van der Waals surface area contributed by atoms with E-state index >= 15 is 0 Å². The van der Waals surface area contributed by atoms with E-state index in [-0.39, 0.29) is 29.4 Å². The van der Waals surface area contributed by atoms with E-state index in [1.54, 1.807) is 22.1 Å². The lowest BCUT2D eigenvalue weighted by atomic mass is 10.1. The zero-order chi connectivity index (χ0) is 18.9. The third-order valence-corrected chi connectivity index (χ3v) is 6.90. The summed E-state index contributed by atoms with van der Waals surface area (Å²) in [5.74, 6) is 0.243. The second-order valence-corrected chi connectivity index (χ2v) is 9.13. The lowest BCUT2D eigenvalue weighted by Crippen LogP contribution is -2.50. The van der Waals surface area contributed by atoms with Crippen LogP contribution in [0.4, 0.5) is 5.69 Å². The fourth-order valence-corrected chi connectivity index (χ4v) is 5.21. The summed E-state index contributed by atoms with van der Waals surface area (Å²) in [4.78, 5) is 33.7. The third-order valence-electron chi connectivity index (χ3n) is 5.15. The lowest BCUT2D eigenvalue weighted by Gasteiger charge is -2.34. The van der Waals surface area contributed by atoms with E-state index in [1.807, 2.05) is 11.9 Å². The second-order valence-electron chi connectivity index (χ2n) is 6.90. The normalized spacial score (nSPS) is 22.3. The van der Waals surface area contributed by atoms with Crippen molar-refractivity contribution in [2.45, 2.75) is 19.4 Å². The number of hydrogen-bond donors (Lipinski definition) is 0. The molecule has 0 aliphatic carbocycles. The first kappa shape index (κ1) is 18.6. The Morgan fingerprint density at radius 1 is 1.15 bits per heavy atom. The summed E-state index contributed by atoms with van der Waals surface area (Å²) < 4.78 is 23.4. The summed E-state index contributed by atoms with van der Waals surface area (Å²) >= 11 is 0. The van der Waals surface area contributed by atoms with E-state index in [0.717, 1.165) is 5.69 Å². The molecule has 8 nitrogen and oxygen atoms in total. The van der Waals surface area contributed by atoms with Crippen LogP contribution in [-0.4, -0.2) is 85.8 Å². The number of anilines is 1. The molecule has 3 rings (SSSR count). The predicted molar refractivity (Wildman–Crippen MR) is 97.9 cm³/mol.